The molecule has 0 bridgehead atoms. The van der Waals surface area contributed by atoms with E-state index in [1.54, 1.807) is 0 Å². The van der Waals surface area contributed by atoms with Gasteiger partial charge in [-0.1, -0.05) is 30.3 Å². The molecule has 0 radical (unpaired) electrons. The number of rotatable bonds is 4. The Bertz CT molecular complexity index is 1050. The van der Waals surface area contributed by atoms with Crippen LogP contribution in [0, 0.1) is 6.92 Å². The van der Waals surface area contributed by atoms with Gasteiger partial charge in [0.25, 0.3) is 5.91 Å². The van der Waals surface area contributed by atoms with Gasteiger partial charge in [0.05, 0.1) is 23.2 Å². The summed E-state index contributed by atoms with van der Waals surface area (Å²) in [6, 6.07) is 12.7. The summed E-state index contributed by atoms with van der Waals surface area (Å²) in [5.74, 6) is 0.638. The highest BCUT2D eigenvalue weighted by molar-refractivity contribution is 6.06. The Balaban J connectivity index is 1.62. The highest BCUT2D eigenvalue weighted by Crippen LogP contribution is 2.41. The number of amides is 1. The average molecular weight is 389 g/mol. The van der Waals surface area contributed by atoms with Crippen LogP contribution in [0.5, 0.6) is 0 Å². The minimum absolute atomic E-state index is 0.147. The van der Waals surface area contributed by atoms with Gasteiger partial charge in [-0.2, -0.15) is 5.10 Å². The number of fused-ring (bicyclic) bond motifs is 1. The first-order valence-corrected chi connectivity index (χ1v) is 10.8. The maximum Gasteiger partial charge on any atom is 0.254 e. The smallest absolute Gasteiger partial charge is 0.254 e. The fourth-order valence-corrected chi connectivity index (χ4v) is 4.55. The molecule has 0 spiro atoms. The number of hydrogen-bond donors (Lipinski definition) is 0. The molecule has 1 aliphatic carbocycles. The second-order valence-corrected chi connectivity index (χ2v) is 8.64. The van der Waals surface area contributed by atoms with E-state index >= 15 is 0 Å². The zero-order chi connectivity index (χ0) is 20.0. The molecule has 1 aliphatic heterocycles. The van der Waals surface area contributed by atoms with E-state index in [9.17, 15) is 4.79 Å². The van der Waals surface area contributed by atoms with E-state index in [-0.39, 0.29) is 5.91 Å². The van der Waals surface area contributed by atoms with Crippen LogP contribution in [0.4, 0.5) is 0 Å². The molecule has 5 nitrogen and oxygen atoms in total. The highest BCUT2D eigenvalue weighted by Gasteiger charge is 2.31. The van der Waals surface area contributed by atoms with Crippen molar-refractivity contribution in [1.82, 2.24) is 19.7 Å². The van der Waals surface area contributed by atoms with E-state index in [0.29, 0.717) is 18.5 Å². The van der Waals surface area contributed by atoms with Crippen molar-refractivity contribution in [2.45, 2.75) is 64.5 Å². The zero-order valence-electron chi connectivity index (χ0n) is 17.3. The van der Waals surface area contributed by atoms with Crippen molar-refractivity contribution in [2.24, 2.45) is 0 Å². The van der Waals surface area contributed by atoms with Gasteiger partial charge in [-0.3, -0.25) is 4.79 Å². The predicted molar refractivity (Wildman–Crippen MR) is 114 cm³/mol. The first kappa shape index (κ1) is 18.3. The Morgan fingerprint density at radius 1 is 1.14 bits per heavy atom. The van der Waals surface area contributed by atoms with E-state index in [4.69, 9.17) is 10.1 Å². The summed E-state index contributed by atoms with van der Waals surface area (Å²) >= 11 is 0. The number of aryl methyl sites for hydroxylation is 1. The maximum atomic E-state index is 13.6. The molecule has 2 aliphatic rings. The normalized spacial score (nSPS) is 19.7. The monoisotopic (exact) mass is 388 g/mol. The third-order valence-corrected chi connectivity index (χ3v) is 6.36. The highest BCUT2D eigenvalue weighted by atomic mass is 16.2. The third kappa shape index (κ3) is 3.43. The lowest BCUT2D eigenvalue weighted by molar-refractivity contribution is 0.0637. The molecule has 5 heteroatoms. The molecule has 1 saturated heterocycles. The number of carbonyl (C=O) groups excluding carboxylic acids is 1. The minimum Gasteiger partial charge on any atom is -0.336 e. The van der Waals surface area contributed by atoms with E-state index in [2.05, 4.69) is 30.0 Å². The van der Waals surface area contributed by atoms with Gasteiger partial charge < -0.3 is 4.90 Å². The van der Waals surface area contributed by atoms with Gasteiger partial charge in [0.1, 0.15) is 0 Å². The quantitative estimate of drug-likeness (QED) is 0.652. The van der Waals surface area contributed by atoms with Crippen molar-refractivity contribution >= 4 is 16.9 Å². The van der Waals surface area contributed by atoms with Crippen molar-refractivity contribution in [1.29, 1.82) is 0 Å². The van der Waals surface area contributed by atoms with E-state index < -0.39 is 0 Å². The van der Waals surface area contributed by atoms with Crippen molar-refractivity contribution in [3.63, 3.8) is 0 Å². The lowest BCUT2D eigenvalue weighted by Crippen LogP contribution is -2.42. The third-order valence-electron chi connectivity index (χ3n) is 6.36. The summed E-state index contributed by atoms with van der Waals surface area (Å²) in [4.78, 5) is 20.6. The Morgan fingerprint density at radius 3 is 2.66 bits per heavy atom. The average Bonchev–Trinajstić information content (AvgIpc) is 3.54. The molecule has 2 aromatic heterocycles. The Morgan fingerprint density at radius 2 is 1.93 bits per heavy atom. The SMILES string of the molecule is Cc1nn(Cc2ccccc2)c2nc(C3CC3)cc(C(=O)N3CCCC[C@@H]3C)c12. The molecule has 1 saturated carbocycles. The molecule has 29 heavy (non-hydrogen) atoms. The number of nitrogens with zero attached hydrogens (tertiary/aromatic N) is 4. The number of carbonyl (C=O) groups is 1. The molecule has 3 heterocycles. The molecule has 2 fully saturated rings. The Labute approximate surface area is 171 Å². The molecule has 1 amide bonds. The summed E-state index contributed by atoms with van der Waals surface area (Å²) < 4.78 is 1.97. The topological polar surface area (TPSA) is 51.0 Å². The predicted octanol–water partition coefficient (Wildman–Crippen LogP) is 4.68. The molecular formula is C24H28N4O. The summed E-state index contributed by atoms with van der Waals surface area (Å²) in [5, 5.41) is 5.72. The molecule has 0 N–H and O–H groups in total. The van der Waals surface area contributed by atoms with Crippen molar-refractivity contribution in [2.75, 3.05) is 6.54 Å². The van der Waals surface area contributed by atoms with Crippen LogP contribution in [0.25, 0.3) is 11.0 Å². The van der Waals surface area contributed by atoms with Crippen LogP contribution < -0.4 is 0 Å². The molecule has 3 aromatic rings. The lowest BCUT2D eigenvalue weighted by atomic mass is 10.0. The maximum absolute atomic E-state index is 13.6. The second kappa shape index (κ2) is 7.29. The van der Waals surface area contributed by atoms with Gasteiger partial charge >= 0.3 is 0 Å². The van der Waals surface area contributed by atoms with Crippen molar-refractivity contribution < 1.29 is 4.79 Å². The van der Waals surface area contributed by atoms with Crippen LogP contribution in [-0.2, 0) is 6.54 Å². The van der Waals surface area contributed by atoms with E-state index in [1.165, 1.54) is 12.0 Å². The first-order chi connectivity index (χ1) is 14.1. The van der Waals surface area contributed by atoms with Crippen LogP contribution in [-0.4, -0.2) is 38.2 Å². The van der Waals surface area contributed by atoms with Gasteiger partial charge in [-0.25, -0.2) is 9.67 Å². The molecule has 150 valence electrons. The van der Waals surface area contributed by atoms with Crippen molar-refractivity contribution in [3.8, 4) is 0 Å². The summed E-state index contributed by atoms with van der Waals surface area (Å²) in [6.07, 6.45) is 5.71. The summed E-state index contributed by atoms with van der Waals surface area (Å²) in [7, 11) is 0. The van der Waals surface area contributed by atoms with Crippen LogP contribution in [0.3, 0.4) is 0 Å². The largest absolute Gasteiger partial charge is 0.336 e. The zero-order valence-corrected chi connectivity index (χ0v) is 17.3. The number of piperidine rings is 1. The van der Waals surface area contributed by atoms with E-state index in [0.717, 1.165) is 60.2 Å². The summed E-state index contributed by atoms with van der Waals surface area (Å²) in [6.45, 7) is 5.68. The van der Waals surface area contributed by atoms with Crippen LogP contribution in [0.2, 0.25) is 0 Å². The first-order valence-electron chi connectivity index (χ1n) is 10.8. The number of aromatic nitrogens is 3. The number of hydrogen-bond acceptors (Lipinski definition) is 3. The van der Waals surface area contributed by atoms with E-state index in [1.807, 2.05) is 29.8 Å². The minimum atomic E-state index is 0.147. The number of pyridine rings is 1. The summed E-state index contributed by atoms with van der Waals surface area (Å²) in [5.41, 5.74) is 4.78. The van der Waals surface area contributed by atoms with Crippen LogP contribution >= 0.6 is 0 Å². The van der Waals surface area contributed by atoms with Gasteiger partial charge in [-0.05, 0) is 57.6 Å². The molecule has 1 atom stereocenters. The Kier molecular flexibility index (Phi) is 4.61. The Hall–Kier alpha value is -2.69. The second-order valence-electron chi connectivity index (χ2n) is 8.64. The fraction of sp³-hybridized carbons (Fsp3) is 0.458. The van der Waals surface area contributed by atoms with Gasteiger partial charge in [-0.15, -0.1) is 0 Å². The van der Waals surface area contributed by atoms with Crippen LogP contribution in [0.1, 0.15) is 72.3 Å². The van der Waals surface area contributed by atoms with Gasteiger partial charge in [0, 0.05) is 24.2 Å². The van der Waals surface area contributed by atoms with Crippen LogP contribution in [0.15, 0.2) is 36.4 Å². The molecule has 0 unspecified atom stereocenters. The number of likely N-dealkylation sites (tertiary alicyclic amines) is 1. The van der Waals surface area contributed by atoms with Gasteiger partial charge in [0.2, 0.25) is 0 Å². The lowest BCUT2D eigenvalue weighted by Gasteiger charge is -2.33. The molecule has 1 aromatic carbocycles. The standard InChI is InChI=1S/C24H28N4O/c1-16-8-6-7-13-27(16)24(29)20-14-21(19-11-12-19)25-23-22(20)17(2)26-28(23)15-18-9-4-3-5-10-18/h3-5,9-10,14,16,19H,6-8,11-13,15H2,1-2H3/t16-/m0/s1. The molecule has 5 rings (SSSR count). The number of benzene rings is 1. The van der Waals surface area contributed by atoms with Crippen molar-refractivity contribution in [3.05, 3.63) is 58.9 Å². The van der Waals surface area contributed by atoms with Gasteiger partial charge in [0.15, 0.2) is 5.65 Å². The fourth-order valence-electron chi connectivity index (χ4n) is 4.55. The molecular weight excluding hydrogens is 360 g/mol.